The quantitative estimate of drug-likeness (QED) is 0.294. The molecule has 1 aromatic carbocycles. The van der Waals surface area contributed by atoms with E-state index in [9.17, 15) is 14.7 Å². The number of pyridine rings is 1. The van der Waals surface area contributed by atoms with Gasteiger partial charge in [0.1, 0.15) is 17.0 Å². The molecule has 8 nitrogen and oxygen atoms in total. The summed E-state index contributed by atoms with van der Waals surface area (Å²) >= 11 is 3.24. The summed E-state index contributed by atoms with van der Waals surface area (Å²) in [6.07, 6.45) is 0. The SMILES string of the molecule is NNC(=O)c1nc2cccc(Br)c2c(O)c1C(=O)NN. The van der Waals surface area contributed by atoms with E-state index in [1.54, 1.807) is 18.2 Å². The van der Waals surface area contributed by atoms with E-state index in [-0.39, 0.29) is 11.3 Å². The highest BCUT2D eigenvalue weighted by atomic mass is 79.9. The van der Waals surface area contributed by atoms with Crippen molar-refractivity contribution in [2.45, 2.75) is 0 Å². The van der Waals surface area contributed by atoms with Gasteiger partial charge in [-0.25, -0.2) is 16.7 Å². The number of amides is 2. The number of aromatic hydroxyl groups is 1. The van der Waals surface area contributed by atoms with Crippen LogP contribution in [0.25, 0.3) is 10.9 Å². The fraction of sp³-hybridized carbons (Fsp3) is 0. The third kappa shape index (κ3) is 2.18. The smallest absolute Gasteiger partial charge is 0.284 e. The van der Waals surface area contributed by atoms with Gasteiger partial charge in [-0.05, 0) is 28.1 Å². The fourth-order valence-electron chi connectivity index (χ4n) is 1.77. The van der Waals surface area contributed by atoms with Crippen LogP contribution in [0.2, 0.25) is 0 Å². The number of nitrogens with two attached hydrogens (primary N) is 2. The maximum Gasteiger partial charge on any atom is 0.284 e. The van der Waals surface area contributed by atoms with Crippen LogP contribution in [0.15, 0.2) is 22.7 Å². The Hall–Kier alpha value is -2.23. The molecule has 104 valence electrons. The van der Waals surface area contributed by atoms with Gasteiger partial charge in [-0.3, -0.25) is 20.4 Å². The van der Waals surface area contributed by atoms with Crippen LogP contribution in [0.5, 0.6) is 5.75 Å². The van der Waals surface area contributed by atoms with Crippen molar-refractivity contribution in [1.82, 2.24) is 15.8 Å². The van der Waals surface area contributed by atoms with Crippen molar-refractivity contribution in [3.63, 3.8) is 0 Å². The van der Waals surface area contributed by atoms with Crippen LogP contribution in [0.1, 0.15) is 20.8 Å². The lowest BCUT2D eigenvalue weighted by Crippen LogP contribution is -2.36. The van der Waals surface area contributed by atoms with Crippen molar-refractivity contribution in [2.24, 2.45) is 11.7 Å². The molecule has 0 unspecified atom stereocenters. The van der Waals surface area contributed by atoms with E-state index >= 15 is 0 Å². The van der Waals surface area contributed by atoms with E-state index in [1.165, 1.54) is 0 Å². The minimum Gasteiger partial charge on any atom is -0.506 e. The van der Waals surface area contributed by atoms with Crippen LogP contribution in [-0.4, -0.2) is 21.9 Å². The van der Waals surface area contributed by atoms with Crippen LogP contribution >= 0.6 is 15.9 Å². The Kier molecular flexibility index (Phi) is 3.84. The van der Waals surface area contributed by atoms with Crippen molar-refractivity contribution >= 4 is 38.6 Å². The predicted octanol–water partition coefficient (Wildman–Crippen LogP) is -0.0901. The predicted molar refractivity (Wildman–Crippen MR) is 74.4 cm³/mol. The van der Waals surface area contributed by atoms with Crippen molar-refractivity contribution in [3.8, 4) is 5.75 Å². The number of hydrogen-bond donors (Lipinski definition) is 5. The number of rotatable bonds is 2. The molecule has 0 aliphatic carbocycles. The van der Waals surface area contributed by atoms with Crippen molar-refractivity contribution in [3.05, 3.63) is 33.9 Å². The Bertz CT molecular complexity index is 719. The van der Waals surface area contributed by atoms with Gasteiger partial charge >= 0.3 is 0 Å². The topological polar surface area (TPSA) is 143 Å². The summed E-state index contributed by atoms with van der Waals surface area (Å²) in [5.74, 6) is 8.01. The molecule has 9 heteroatoms. The maximum atomic E-state index is 11.8. The number of nitrogens with zero attached hydrogens (tertiary/aromatic N) is 1. The van der Waals surface area contributed by atoms with Crippen LogP contribution in [0, 0.1) is 0 Å². The highest BCUT2D eigenvalue weighted by Crippen LogP contribution is 2.34. The number of aromatic nitrogens is 1. The lowest BCUT2D eigenvalue weighted by molar-refractivity contribution is 0.0913. The molecule has 0 aliphatic heterocycles. The number of nitrogens with one attached hydrogen (secondary N) is 2. The first kappa shape index (κ1) is 14.2. The summed E-state index contributed by atoms with van der Waals surface area (Å²) in [5, 5.41) is 10.5. The molecule has 0 radical (unpaired) electrons. The van der Waals surface area contributed by atoms with Crippen LogP contribution < -0.4 is 22.5 Å². The average Bonchev–Trinajstić information content (AvgIpc) is 2.45. The second kappa shape index (κ2) is 5.41. The molecule has 1 heterocycles. The highest BCUT2D eigenvalue weighted by molar-refractivity contribution is 9.10. The molecule has 0 spiro atoms. The average molecular weight is 340 g/mol. The van der Waals surface area contributed by atoms with Crippen LogP contribution in [0.3, 0.4) is 0 Å². The number of carbonyl (C=O) groups is 2. The summed E-state index contributed by atoms with van der Waals surface area (Å²) in [4.78, 5) is 27.5. The molecular weight excluding hydrogens is 330 g/mol. The lowest BCUT2D eigenvalue weighted by atomic mass is 10.1. The molecule has 0 saturated heterocycles. The Balaban J connectivity index is 2.91. The standard InChI is InChI=1S/C11H10BrN5O3/c12-4-2-1-3-5-6(4)9(18)7(10(19)16-13)8(15-5)11(20)17-14/h1-3H,13-14H2,(H,15,18)(H,16,19)(H,17,20). The number of carbonyl (C=O) groups excluding carboxylic acids is 2. The van der Waals surface area contributed by atoms with Crippen molar-refractivity contribution in [1.29, 1.82) is 0 Å². The zero-order valence-electron chi connectivity index (χ0n) is 9.98. The van der Waals surface area contributed by atoms with E-state index in [2.05, 4.69) is 20.9 Å². The highest BCUT2D eigenvalue weighted by Gasteiger charge is 2.25. The zero-order valence-corrected chi connectivity index (χ0v) is 11.6. The molecular formula is C11H10BrN5O3. The van der Waals surface area contributed by atoms with Gasteiger partial charge in [0.2, 0.25) is 0 Å². The molecule has 0 bridgehead atoms. The number of nitrogen functional groups attached to an aromatic ring is 2. The van der Waals surface area contributed by atoms with E-state index in [0.717, 1.165) is 0 Å². The summed E-state index contributed by atoms with van der Waals surface area (Å²) < 4.78 is 0.519. The summed E-state index contributed by atoms with van der Waals surface area (Å²) in [6.45, 7) is 0. The molecule has 0 fully saturated rings. The van der Waals surface area contributed by atoms with Gasteiger partial charge in [0, 0.05) is 4.47 Å². The Morgan fingerprint density at radius 2 is 1.85 bits per heavy atom. The first-order valence-electron chi connectivity index (χ1n) is 5.34. The molecule has 1 aromatic heterocycles. The van der Waals surface area contributed by atoms with E-state index < -0.39 is 17.6 Å². The van der Waals surface area contributed by atoms with Crippen LogP contribution in [-0.2, 0) is 0 Å². The number of benzene rings is 1. The van der Waals surface area contributed by atoms with Gasteiger partial charge < -0.3 is 5.11 Å². The number of fused-ring (bicyclic) bond motifs is 1. The van der Waals surface area contributed by atoms with E-state index in [4.69, 9.17) is 11.7 Å². The minimum absolute atomic E-state index is 0.291. The summed E-state index contributed by atoms with van der Waals surface area (Å²) in [7, 11) is 0. The Morgan fingerprint density at radius 1 is 1.20 bits per heavy atom. The molecule has 0 saturated carbocycles. The molecule has 20 heavy (non-hydrogen) atoms. The monoisotopic (exact) mass is 339 g/mol. The van der Waals surface area contributed by atoms with Crippen LogP contribution in [0.4, 0.5) is 0 Å². The Morgan fingerprint density at radius 3 is 2.45 bits per heavy atom. The van der Waals surface area contributed by atoms with Gasteiger partial charge in [-0.15, -0.1) is 0 Å². The normalized spacial score (nSPS) is 10.3. The first-order chi connectivity index (χ1) is 9.51. The Labute approximate surface area is 121 Å². The number of hydrogen-bond acceptors (Lipinski definition) is 6. The van der Waals surface area contributed by atoms with Gasteiger partial charge in [0.25, 0.3) is 11.8 Å². The van der Waals surface area contributed by atoms with Crippen molar-refractivity contribution < 1.29 is 14.7 Å². The zero-order chi connectivity index (χ0) is 14.9. The molecule has 0 aliphatic rings. The fourth-order valence-corrected chi connectivity index (χ4v) is 2.32. The summed E-state index contributed by atoms with van der Waals surface area (Å²) in [5.41, 5.74) is 3.36. The molecule has 7 N–H and O–H groups in total. The van der Waals surface area contributed by atoms with E-state index in [1.807, 2.05) is 10.9 Å². The number of hydrazine groups is 2. The first-order valence-corrected chi connectivity index (χ1v) is 6.13. The second-order valence-corrected chi connectivity index (χ2v) is 4.62. The van der Waals surface area contributed by atoms with Gasteiger partial charge in [0.05, 0.1) is 10.9 Å². The second-order valence-electron chi connectivity index (χ2n) is 3.76. The largest absolute Gasteiger partial charge is 0.506 e. The van der Waals surface area contributed by atoms with Gasteiger partial charge in [0.15, 0.2) is 0 Å². The molecule has 2 rings (SSSR count). The lowest BCUT2D eigenvalue weighted by Gasteiger charge is -2.12. The molecule has 2 amide bonds. The molecule has 0 atom stereocenters. The summed E-state index contributed by atoms with van der Waals surface area (Å²) in [6, 6.07) is 4.92. The molecule has 2 aromatic rings. The van der Waals surface area contributed by atoms with E-state index in [0.29, 0.717) is 15.4 Å². The van der Waals surface area contributed by atoms with Crippen molar-refractivity contribution in [2.75, 3.05) is 0 Å². The van der Waals surface area contributed by atoms with Gasteiger partial charge in [-0.1, -0.05) is 6.07 Å². The minimum atomic E-state index is -0.855. The van der Waals surface area contributed by atoms with Gasteiger partial charge in [-0.2, -0.15) is 0 Å². The third-order valence-electron chi connectivity index (χ3n) is 2.64. The third-order valence-corrected chi connectivity index (χ3v) is 3.30. The maximum absolute atomic E-state index is 11.8. The number of halogens is 1.